The van der Waals surface area contributed by atoms with Crippen LogP contribution in [0.5, 0.6) is 0 Å². The second-order valence-electron chi connectivity index (χ2n) is 8.75. The van der Waals surface area contributed by atoms with E-state index in [0.29, 0.717) is 21.4 Å². The number of benzene rings is 3. The van der Waals surface area contributed by atoms with Gasteiger partial charge >= 0.3 is 0 Å². The predicted molar refractivity (Wildman–Crippen MR) is 139 cm³/mol. The van der Waals surface area contributed by atoms with Crippen molar-refractivity contribution in [1.82, 2.24) is 9.78 Å². The highest BCUT2D eigenvalue weighted by atomic mass is 35.5. The molecule has 34 heavy (non-hydrogen) atoms. The molecule has 1 amide bonds. The second-order valence-corrected chi connectivity index (χ2v) is 9.56. The highest BCUT2D eigenvalue weighted by molar-refractivity contribution is 6.37. The number of aryl methyl sites for hydroxylation is 1. The van der Waals surface area contributed by atoms with E-state index >= 15 is 0 Å². The van der Waals surface area contributed by atoms with Gasteiger partial charge in [0.1, 0.15) is 11.3 Å². The summed E-state index contributed by atoms with van der Waals surface area (Å²) in [7, 11) is 0. The number of anilines is 1. The lowest BCUT2D eigenvalue weighted by molar-refractivity contribution is -0.114. The molecule has 4 rings (SSSR count). The Morgan fingerprint density at radius 2 is 1.62 bits per heavy atom. The molecule has 0 aliphatic carbocycles. The van der Waals surface area contributed by atoms with Crippen molar-refractivity contribution < 1.29 is 9.90 Å². The van der Waals surface area contributed by atoms with E-state index in [1.165, 1.54) is 6.92 Å². The molecule has 1 heterocycles. The molecule has 5 nitrogen and oxygen atoms in total. The first kappa shape index (κ1) is 24.0. The number of halogens is 2. The van der Waals surface area contributed by atoms with Gasteiger partial charge in [-0.2, -0.15) is 5.10 Å². The zero-order valence-corrected chi connectivity index (χ0v) is 20.9. The maximum absolute atomic E-state index is 11.4. The van der Waals surface area contributed by atoms with Gasteiger partial charge in [0.05, 0.1) is 21.4 Å². The van der Waals surface area contributed by atoms with Crippen LogP contribution in [0.25, 0.3) is 28.1 Å². The monoisotopic (exact) mass is 493 g/mol. The summed E-state index contributed by atoms with van der Waals surface area (Å²) in [5.74, 6) is -0.113. The van der Waals surface area contributed by atoms with Gasteiger partial charge in [-0.25, -0.2) is 4.68 Å². The molecule has 0 saturated carbocycles. The van der Waals surface area contributed by atoms with Crippen LogP contribution < -0.4 is 5.32 Å². The third-order valence-corrected chi connectivity index (χ3v) is 6.11. The minimum absolute atomic E-state index is 0.113. The molecule has 4 aromatic rings. The van der Waals surface area contributed by atoms with Crippen LogP contribution >= 0.6 is 23.2 Å². The summed E-state index contributed by atoms with van der Waals surface area (Å²) in [6, 6.07) is 21.0. The number of para-hydroxylation sites is 1. The molecule has 0 unspecified atom stereocenters. The van der Waals surface area contributed by atoms with Crippen LogP contribution in [0.3, 0.4) is 0 Å². The number of hydrogen-bond donors (Lipinski definition) is 2. The van der Waals surface area contributed by atoms with Gasteiger partial charge in [0.15, 0.2) is 0 Å². The third-order valence-electron chi connectivity index (χ3n) is 5.50. The molecule has 7 heteroatoms. The molecular formula is C27H25Cl2N3O2. The Kier molecular flexibility index (Phi) is 6.54. The summed E-state index contributed by atoms with van der Waals surface area (Å²) in [6.07, 6.45) is 0. The van der Waals surface area contributed by atoms with Crippen molar-refractivity contribution >= 4 is 34.8 Å². The number of amides is 1. The maximum Gasteiger partial charge on any atom is 0.221 e. The first-order valence-corrected chi connectivity index (χ1v) is 11.6. The molecule has 0 bridgehead atoms. The van der Waals surface area contributed by atoms with Crippen molar-refractivity contribution in [2.75, 3.05) is 5.32 Å². The van der Waals surface area contributed by atoms with E-state index in [-0.39, 0.29) is 5.91 Å². The molecule has 2 N–H and O–H groups in total. The number of aliphatic hydroxyl groups is 1. The summed E-state index contributed by atoms with van der Waals surface area (Å²) in [5, 5.41) is 19.0. The average Bonchev–Trinajstić information content (AvgIpc) is 3.18. The number of aromatic nitrogens is 2. The van der Waals surface area contributed by atoms with Gasteiger partial charge in [-0.3, -0.25) is 4.79 Å². The molecule has 1 aromatic heterocycles. The van der Waals surface area contributed by atoms with Gasteiger partial charge in [0, 0.05) is 18.2 Å². The number of nitrogens with zero attached hydrogens (tertiary/aromatic N) is 2. The van der Waals surface area contributed by atoms with Crippen molar-refractivity contribution in [1.29, 1.82) is 0 Å². The Morgan fingerprint density at radius 3 is 2.24 bits per heavy atom. The maximum atomic E-state index is 11.4. The fourth-order valence-corrected chi connectivity index (χ4v) is 4.40. The van der Waals surface area contributed by atoms with E-state index < -0.39 is 5.60 Å². The largest absolute Gasteiger partial charge is 0.384 e. The standard InChI is InChI=1S/C27H25Cl2N3O2/c1-16-13-19(18-7-5-8-20(14-18)30-17(2)33)11-12-21(16)24-15-25(27(3,4)34)31-32(24)26-22(28)9-6-10-23(26)29/h5-15,34H,1-4H3,(H,30,33). The summed E-state index contributed by atoms with van der Waals surface area (Å²) in [4.78, 5) is 11.4. The van der Waals surface area contributed by atoms with Crippen LogP contribution in [0, 0.1) is 6.92 Å². The summed E-state index contributed by atoms with van der Waals surface area (Å²) in [5.41, 5.74) is 5.36. The van der Waals surface area contributed by atoms with Crippen molar-refractivity contribution in [3.63, 3.8) is 0 Å². The van der Waals surface area contributed by atoms with Crippen molar-refractivity contribution in [3.05, 3.63) is 88.0 Å². The Hall–Kier alpha value is -3.12. The van der Waals surface area contributed by atoms with Gasteiger partial charge < -0.3 is 10.4 Å². The molecule has 0 radical (unpaired) electrons. The number of nitrogens with one attached hydrogen (secondary N) is 1. The molecule has 0 aliphatic heterocycles. The Bertz CT molecular complexity index is 1370. The van der Waals surface area contributed by atoms with Crippen molar-refractivity contribution in [3.8, 4) is 28.1 Å². The van der Waals surface area contributed by atoms with E-state index in [4.69, 9.17) is 23.2 Å². The third kappa shape index (κ3) is 4.87. The quantitative estimate of drug-likeness (QED) is 0.314. The van der Waals surface area contributed by atoms with E-state index in [1.807, 2.05) is 49.4 Å². The molecule has 0 atom stereocenters. The van der Waals surface area contributed by atoms with Gasteiger partial charge in [-0.15, -0.1) is 0 Å². The molecular weight excluding hydrogens is 469 g/mol. The van der Waals surface area contributed by atoms with Crippen LogP contribution in [0.1, 0.15) is 32.0 Å². The van der Waals surface area contributed by atoms with E-state index in [1.54, 1.807) is 36.7 Å². The second kappa shape index (κ2) is 9.26. The lowest BCUT2D eigenvalue weighted by Crippen LogP contribution is -2.16. The van der Waals surface area contributed by atoms with E-state index in [9.17, 15) is 9.90 Å². The molecule has 0 saturated heterocycles. The highest BCUT2D eigenvalue weighted by Gasteiger charge is 2.25. The summed E-state index contributed by atoms with van der Waals surface area (Å²) in [6.45, 7) is 6.89. The average molecular weight is 494 g/mol. The summed E-state index contributed by atoms with van der Waals surface area (Å²) < 4.78 is 1.69. The van der Waals surface area contributed by atoms with Crippen LogP contribution in [-0.2, 0) is 10.4 Å². The molecule has 0 aliphatic rings. The van der Waals surface area contributed by atoms with Gasteiger partial charge in [0.2, 0.25) is 5.91 Å². The number of hydrogen-bond acceptors (Lipinski definition) is 3. The Labute approximate surface area is 209 Å². The minimum atomic E-state index is -1.15. The van der Waals surface area contributed by atoms with Gasteiger partial charge in [0.25, 0.3) is 0 Å². The molecule has 0 fully saturated rings. The van der Waals surface area contributed by atoms with Crippen molar-refractivity contribution in [2.45, 2.75) is 33.3 Å². The smallest absolute Gasteiger partial charge is 0.221 e. The van der Waals surface area contributed by atoms with Crippen molar-refractivity contribution in [2.24, 2.45) is 0 Å². The SMILES string of the molecule is CC(=O)Nc1cccc(-c2ccc(-c3cc(C(C)(C)O)nn3-c3c(Cl)cccc3Cl)c(C)c2)c1. The first-order chi connectivity index (χ1) is 16.0. The molecule has 174 valence electrons. The van der Waals surface area contributed by atoms with E-state index in [2.05, 4.69) is 16.5 Å². The molecule has 0 spiro atoms. The topological polar surface area (TPSA) is 67.2 Å². The van der Waals surface area contributed by atoms with Crippen LogP contribution in [0.4, 0.5) is 5.69 Å². The fourth-order valence-electron chi connectivity index (χ4n) is 3.84. The Morgan fingerprint density at radius 1 is 0.971 bits per heavy atom. The lowest BCUT2D eigenvalue weighted by Gasteiger charge is -2.14. The highest BCUT2D eigenvalue weighted by Crippen LogP contribution is 2.37. The zero-order valence-electron chi connectivity index (χ0n) is 19.4. The van der Waals surface area contributed by atoms with Crippen LogP contribution in [0.15, 0.2) is 66.7 Å². The predicted octanol–water partition coefficient (Wildman–Crippen LogP) is 7.01. The first-order valence-electron chi connectivity index (χ1n) is 10.8. The number of carbonyl (C=O) groups is 1. The number of carbonyl (C=O) groups excluding carboxylic acids is 1. The number of rotatable bonds is 5. The van der Waals surface area contributed by atoms with Crippen LogP contribution in [0.2, 0.25) is 10.0 Å². The minimum Gasteiger partial charge on any atom is -0.384 e. The van der Waals surface area contributed by atoms with Gasteiger partial charge in [-0.05, 0) is 67.8 Å². The van der Waals surface area contributed by atoms with Gasteiger partial charge in [-0.1, -0.05) is 59.6 Å². The fraction of sp³-hybridized carbons (Fsp3) is 0.185. The molecule has 3 aromatic carbocycles. The lowest BCUT2D eigenvalue weighted by atomic mass is 9.97. The van der Waals surface area contributed by atoms with Crippen LogP contribution in [-0.4, -0.2) is 20.8 Å². The van der Waals surface area contributed by atoms with E-state index in [0.717, 1.165) is 33.6 Å². The normalized spacial score (nSPS) is 11.5. The Balaban J connectivity index is 1.84. The zero-order chi connectivity index (χ0) is 24.6. The summed E-state index contributed by atoms with van der Waals surface area (Å²) >= 11 is 13.0.